The van der Waals surface area contributed by atoms with Gasteiger partial charge in [-0.05, 0) is 56.6 Å². The van der Waals surface area contributed by atoms with E-state index in [4.69, 9.17) is 4.74 Å². The highest BCUT2D eigenvalue weighted by molar-refractivity contribution is 5.95. The predicted octanol–water partition coefficient (Wildman–Crippen LogP) is 2.21. The predicted molar refractivity (Wildman–Crippen MR) is 108 cm³/mol. The number of carbonyl (C=O) groups is 2. The SMILES string of the molecule is COc1ccc(/C=C/C(=O)NC(C)C(=O)NCCN2CCCCCC2)cc1. The van der Waals surface area contributed by atoms with Crippen LogP contribution >= 0.6 is 0 Å². The number of rotatable bonds is 8. The maximum Gasteiger partial charge on any atom is 0.244 e. The summed E-state index contributed by atoms with van der Waals surface area (Å²) >= 11 is 0. The maximum absolute atomic E-state index is 12.2. The first kappa shape index (κ1) is 21.0. The van der Waals surface area contributed by atoms with Crippen molar-refractivity contribution in [3.8, 4) is 5.75 Å². The molecule has 0 radical (unpaired) electrons. The van der Waals surface area contributed by atoms with E-state index in [-0.39, 0.29) is 11.8 Å². The van der Waals surface area contributed by atoms with Gasteiger partial charge < -0.3 is 20.3 Å². The van der Waals surface area contributed by atoms with Crippen molar-refractivity contribution in [1.29, 1.82) is 0 Å². The standard InChI is InChI=1S/C21H31N3O3/c1-17(21(26)22-13-16-24-14-5-3-4-6-15-24)23-20(25)12-9-18-7-10-19(27-2)11-8-18/h7-12,17H,3-6,13-16H2,1-2H3,(H,22,26)(H,23,25)/b12-9+. The van der Waals surface area contributed by atoms with Crippen LogP contribution in [0.5, 0.6) is 5.75 Å². The number of nitrogens with one attached hydrogen (secondary N) is 2. The van der Waals surface area contributed by atoms with E-state index in [0.29, 0.717) is 6.54 Å². The Hall–Kier alpha value is -2.34. The minimum atomic E-state index is -0.567. The molecule has 148 valence electrons. The molecule has 0 saturated carbocycles. The van der Waals surface area contributed by atoms with Gasteiger partial charge in [-0.15, -0.1) is 0 Å². The van der Waals surface area contributed by atoms with Crippen molar-refractivity contribution in [2.45, 2.75) is 38.6 Å². The second-order valence-corrected chi connectivity index (χ2v) is 6.88. The second-order valence-electron chi connectivity index (χ2n) is 6.88. The van der Waals surface area contributed by atoms with Crippen molar-refractivity contribution in [3.05, 3.63) is 35.9 Å². The van der Waals surface area contributed by atoms with E-state index in [1.165, 1.54) is 31.8 Å². The van der Waals surface area contributed by atoms with E-state index in [0.717, 1.165) is 30.9 Å². The maximum atomic E-state index is 12.2. The lowest BCUT2D eigenvalue weighted by Crippen LogP contribution is -2.46. The summed E-state index contributed by atoms with van der Waals surface area (Å²) in [6.45, 7) is 5.39. The zero-order chi connectivity index (χ0) is 19.5. The number of nitrogens with zero attached hydrogens (tertiary/aromatic N) is 1. The van der Waals surface area contributed by atoms with Gasteiger partial charge >= 0.3 is 0 Å². The Morgan fingerprint density at radius 1 is 1.15 bits per heavy atom. The summed E-state index contributed by atoms with van der Waals surface area (Å²) in [7, 11) is 1.61. The van der Waals surface area contributed by atoms with Gasteiger partial charge in [0.05, 0.1) is 7.11 Å². The van der Waals surface area contributed by atoms with Crippen LogP contribution in [0.2, 0.25) is 0 Å². The smallest absolute Gasteiger partial charge is 0.244 e. The molecule has 2 rings (SSSR count). The van der Waals surface area contributed by atoms with E-state index >= 15 is 0 Å². The quantitative estimate of drug-likeness (QED) is 0.686. The Balaban J connectivity index is 1.69. The molecule has 6 nitrogen and oxygen atoms in total. The molecular formula is C21H31N3O3. The van der Waals surface area contributed by atoms with Crippen LogP contribution in [0.15, 0.2) is 30.3 Å². The van der Waals surface area contributed by atoms with Gasteiger partial charge in [0.2, 0.25) is 11.8 Å². The summed E-state index contributed by atoms with van der Waals surface area (Å²) in [5.41, 5.74) is 0.889. The van der Waals surface area contributed by atoms with Crippen molar-refractivity contribution >= 4 is 17.9 Å². The Kier molecular flexibility index (Phi) is 8.84. The average molecular weight is 373 g/mol. The number of hydrogen-bond donors (Lipinski definition) is 2. The molecule has 1 aromatic carbocycles. The summed E-state index contributed by atoms with van der Waals surface area (Å²) < 4.78 is 5.10. The van der Waals surface area contributed by atoms with Crippen LogP contribution in [0.1, 0.15) is 38.2 Å². The number of benzene rings is 1. The molecular weight excluding hydrogens is 342 g/mol. The molecule has 1 fully saturated rings. The second kappa shape index (κ2) is 11.4. The highest BCUT2D eigenvalue weighted by Gasteiger charge is 2.14. The molecule has 2 N–H and O–H groups in total. The first-order valence-corrected chi connectivity index (χ1v) is 9.71. The zero-order valence-electron chi connectivity index (χ0n) is 16.4. The van der Waals surface area contributed by atoms with Crippen LogP contribution in [-0.2, 0) is 9.59 Å². The van der Waals surface area contributed by atoms with Crippen LogP contribution < -0.4 is 15.4 Å². The molecule has 0 spiro atoms. The fourth-order valence-corrected chi connectivity index (χ4v) is 3.06. The monoisotopic (exact) mass is 373 g/mol. The molecule has 1 aromatic rings. The molecule has 0 aliphatic carbocycles. The highest BCUT2D eigenvalue weighted by atomic mass is 16.5. The summed E-state index contributed by atoms with van der Waals surface area (Å²) in [4.78, 5) is 26.6. The van der Waals surface area contributed by atoms with Crippen molar-refractivity contribution in [2.75, 3.05) is 33.3 Å². The fourth-order valence-electron chi connectivity index (χ4n) is 3.06. The third kappa shape index (κ3) is 7.83. The van der Waals surface area contributed by atoms with E-state index in [1.807, 2.05) is 24.3 Å². The molecule has 1 aliphatic heterocycles. The van der Waals surface area contributed by atoms with Crippen LogP contribution in [0, 0.1) is 0 Å². The molecule has 0 bridgehead atoms. The Morgan fingerprint density at radius 3 is 2.44 bits per heavy atom. The highest BCUT2D eigenvalue weighted by Crippen LogP contribution is 2.12. The first-order chi connectivity index (χ1) is 13.1. The topological polar surface area (TPSA) is 70.7 Å². The molecule has 0 aromatic heterocycles. The van der Waals surface area contributed by atoms with Crippen LogP contribution in [-0.4, -0.2) is 56.0 Å². The molecule has 1 unspecified atom stereocenters. The van der Waals surface area contributed by atoms with Gasteiger partial charge in [0.25, 0.3) is 0 Å². The van der Waals surface area contributed by atoms with E-state index < -0.39 is 6.04 Å². The largest absolute Gasteiger partial charge is 0.497 e. The van der Waals surface area contributed by atoms with Crippen molar-refractivity contribution in [3.63, 3.8) is 0 Å². The summed E-state index contributed by atoms with van der Waals surface area (Å²) in [5.74, 6) is 0.319. The Bertz CT molecular complexity index is 620. The van der Waals surface area contributed by atoms with Crippen LogP contribution in [0.4, 0.5) is 0 Å². The van der Waals surface area contributed by atoms with Crippen LogP contribution in [0.3, 0.4) is 0 Å². The normalized spacial score (nSPS) is 16.5. The van der Waals surface area contributed by atoms with Gasteiger partial charge in [-0.2, -0.15) is 0 Å². The third-order valence-corrected chi connectivity index (χ3v) is 4.72. The van der Waals surface area contributed by atoms with E-state index in [9.17, 15) is 9.59 Å². The minimum absolute atomic E-state index is 0.156. The summed E-state index contributed by atoms with van der Waals surface area (Å²) in [6, 6.07) is 6.82. The average Bonchev–Trinajstić information content (AvgIpc) is 2.95. The van der Waals surface area contributed by atoms with Gasteiger partial charge in [0, 0.05) is 19.2 Å². The summed E-state index contributed by atoms with van der Waals surface area (Å²) in [5, 5.41) is 5.60. The number of amides is 2. The van der Waals surface area contributed by atoms with Gasteiger partial charge in [-0.1, -0.05) is 25.0 Å². The van der Waals surface area contributed by atoms with E-state index in [2.05, 4.69) is 15.5 Å². The van der Waals surface area contributed by atoms with Crippen molar-refractivity contribution in [2.24, 2.45) is 0 Å². The molecule has 27 heavy (non-hydrogen) atoms. The molecule has 1 saturated heterocycles. The lowest BCUT2D eigenvalue weighted by molar-refractivity contribution is -0.126. The molecule has 1 aliphatic rings. The van der Waals surface area contributed by atoms with Crippen LogP contribution in [0.25, 0.3) is 6.08 Å². The number of carbonyl (C=O) groups excluding carboxylic acids is 2. The minimum Gasteiger partial charge on any atom is -0.497 e. The molecule has 6 heteroatoms. The third-order valence-electron chi connectivity index (χ3n) is 4.72. The lowest BCUT2D eigenvalue weighted by Gasteiger charge is -2.20. The van der Waals surface area contributed by atoms with Gasteiger partial charge in [-0.3, -0.25) is 9.59 Å². The summed E-state index contributed by atoms with van der Waals surface area (Å²) in [6.07, 6.45) is 8.22. The molecule has 1 atom stereocenters. The molecule has 2 amide bonds. The van der Waals surface area contributed by atoms with Gasteiger partial charge in [-0.25, -0.2) is 0 Å². The Morgan fingerprint density at radius 2 is 1.81 bits per heavy atom. The first-order valence-electron chi connectivity index (χ1n) is 9.71. The lowest BCUT2D eigenvalue weighted by atomic mass is 10.2. The number of likely N-dealkylation sites (tertiary alicyclic amines) is 1. The fraction of sp³-hybridized carbons (Fsp3) is 0.524. The zero-order valence-corrected chi connectivity index (χ0v) is 16.4. The van der Waals surface area contributed by atoms with E-state index in [1.54, 1.807) is 20.1 Å². The molecule has 1 heterocycles. The Labute approximate surface area is 162 Å². The number of methoxy groups -OCH3 is 1. The van der Waals surface area contributed by atoms with Crippen molar-refractivity contribution in [1.82, 2.24) is 15.5 Å². The number of ether oxygens (including phenoxy) is 1. The van der Waals surface area contributed by atoms with Crippen molar-refractivity contribution < 1.29 is 14.3 Å². The van der Waals surface area contributed by atoms with Gasteiger partial charge in [0.15, 0.2) is 0 Å². The van der Waals surface area contributed by atoms with Gasteiger partial charge in [0.1, 0.15) is 11.8 Å². The number of hydrogen-bond acceptors (Lipinski definition) is 4.